The minimum absolute atomic E-state index is 0.155. The van der Waals surface area contributed by atoms with Gasteiger partial charge in [-0.3, -0.25) is 5.32 Å². The number of rotatable bonds is 3. The molecule has 0 spiro atoms. The molecule has 0 bridgehead atoms. The lowest BCUT2D eigenvalue weighted by atomic mass is 10.2. The number of sulfonamides is 1. The highest BCUT2D eigenvalue weighted by molar-refractivity contribution is 7.88. The smallest absolute Gasteiger partial charge is 0.412 e. The summed E-state index contributed by atoms with van der Waals surface area (Å²) in [7, 11) is -3.73. The van der Waals surface area contributed by atoms with Gasteiger partial charge in [0.15, 0.2) is 0 Å². The number of nitrogens with one attached hydrogen (secondary N) is 1. The Labute approximate surface area is 117 Å². The van der Waals surface area contributed by atoms with E-state index in [1.807, 2.05) is 0 Å². The molecule has 112 valence electrons. The quantitative estimate of drug-likeness (QED) is 0.782. The highest BCUT2D eigenvalue weighted by atomic mass is 32.2. The molecule has 0 radical (unpaired) electrons. The Balaban J connectivity index is 2.80. The normalized spacial score (nSPS) is 12.0. The summed E-state index contributed by atoms with van der Waals surface area (Å²) in [4.78, 5) is 11.5. The van der Waals surface area contributed by atoms with Crippen LogP contribution in [0.25, 0.3) is 0 Å². The molecule has 0 atom stereocenters. The van der Waals surface area contributed by atoms with E-state index in [0.29, 0.717) is 0 Å². The van der Waals surface area contributed by atoms with Crippen LogP contribution >= 0.6 is 0 Å². The summed E-state index contributed by atoms with van der Waals surface area (Å²) in [5.41, 5.74) is -0.197. The third-order valence-corrected chi connectivity index (χ3v) is 2.80. The van der Waals surface area contributed by atoms with Crippen LogP contribution in [-0.4, -0.2) is 25.2 Å². The molecule has 0 saturated carbocycles. The van der Waals surface area contributed by atoms with Gasteiger partial charge in [0.2, 0.25) is 10.0 Å². The molecule has 0 aromatic heterocycles. The molecule has 4 N–H and O–H groups in total. The molecular weight excluding hydrogens is 284 g/mol. The van der Waals surface area contributed by atoms with Crippen LogP contribution in [0.3, 0.4) is 0 Å². The van der Waals surface area contributed by atoms with Crippen LogP contribution in [0, 0.1) is 0 Å². The molecule has 0 aliphatic heterocycles. The van der Waals surface area contributed by atoms with Crippen molar-refractivity contribution in [1.82, 2.24) is 0 Å². The van der Waals surface area contributed by atoms with E-state index in [1.54, 1.807) is 20.8 Å². The maximum Gasteiger partial charge on any atom is 0.412 e. The van der Waals surface area contributed by atoms with Gasteiger partial charge in [0, 0.05) is 17.3 Å². The van der Waals surface area contributed by atoms with Gasteiger partial charge in [0.1, 0.15) is 11.4 Å². The molecule has 7 nitrogen and oxygen atoms in total. The van der Waals surface area contributed by atoms with Crippen molar-refractivity contribution in [2.45, 2.75) is 32.1 Å². The maximum atomic E-state index is 11.5. The average Bonchev–Trinajstić information content (AvgIpc) is 2.17. The molecule has 20 heavy (non-hydrogen) atoms. The van der Waals surface area contributed by atoms with E-state index < -0.39 is 27.5 Å². The molecule has 8 heteroatoms. The number of phenols is 1. The van der Waals surface area contributed by atoms with E-state index in [2.05, 4.69) is 5.32 Å². The van der Waals surface area contributed by atoms with Crippen LogP contribution in [0.5, 0.6) is 5.75 Å². The molecule has 0 fully saturated rings. The number of phenolic OH excluding ortho intramolecular Hbond substituents is 1. The summed E-state index contributed by atoms with van der Waals surface area (Å²) in [5, 5.41) is 17.0. The number of amides is 1. The number of carbonyl (C=O) groups is 1. The zero-order chi connectivity index (χ0) is 15.6. The van der Waals surface area contributed by atoms with Crippen LogP contribution < -0.4 is 10.5 Å². The molecule has 0 unspecified atom stereocenters. The first-order chi connectivity index (χ1) is 8.96. The van der Waals surface area contributed by atoms with Crippen molar-refractivity contribution < 1.29 is 23.1 Å². The maximum absolute atomic E-state index is 11.5. The van der Waals surface area contributed by atoms with Crippen LogP contribution in [0.2, 0.25) is 0 Å². The Morgan fingerprint density at radius 2 is 2.00 bits per heavy atom. The summed E-state index contributed by atoms with van der Waals surface area (Å²) in [6.07, 6.45) is -0.670. The van der Waals surface area contributed by atoms with Crippen LogP contribution in [0.1, 0.15) is 26.3 Å². The van der Waals surface area contributed by atoms with E-state index in [9.17, 15) is 18.3 Å². The first kappa shape index (κ1) is 16.3. The SMILES string of the molecule is CC(C)(C)OC(=O)Nc1ccc(CS(N)(=O)=O)c(O)c1. The van der Waals surface area contributed by atoms with E-state index in [1.165, 1.54) is 18.2 Å². The molecule has 1 aromatic rings. The first-order valence-corrected chi connectivity index (χ1v) is 7.50. The zero-order valence-corrected chi connectivity index (χ0v) is 12.3. The van der Waals surface area contributed by atoms with Gasteiger partial charge in [-0.1, -0.05) is 6.07 Å². The van der Waals surface area contributed by atoms with Crippen molar-refractivity contribution in [3.05, 3.63) is 23.8 Å². The van der Waals surface area contributed by atoms with Crippen molar-refractivity contribution in [2.24, 2.45) is 5.14 Å². The van der Waals surface area contributed by atoms with E-state index in [0.717, 1.165) is 0 Å². The van der Waals surface area contributed by atoms with Gasteiger partial charge >= 0.3 is 6.09 Å². The number of nitrogens with two attached hydrogens (primary N) is 1. The number of hydrogen-bond acceptors (Lipinski definition) is 5. The Morgan fingerprint density at radius 1 is 1.40 bits per heavy atom. The Hall–Kier alpha value is -1.80. The fraction of sp³-hybridized carbons (Fsp3) is 0.417. The Morgan fingerprint density at radius 3 is 2.45 bits per heavy atom. The molecule has 0 heterocycles. The van der Waals surface area contributed by atoms with E-state index in [-0.39, 0.29) is 17.0 Å². The third kappa shape index (κ3) is 5.89. The highest BCUT2D eigenvalue weighted by Gasteiger charge is 2.17. The lowest BCUT2D eigenvalue weighted by Gasteiger charge is -2.19. The molecule has 0 aliphatic carbocycles. The Kier molecular flexibility index (Phi) is 4.61. The van der Waals surface area contributed by atoms with Crippen molar-refractivity contribution in [3.63, 3.8) is 0 Å². The molecular formula is C12H18N2O5S. The van der Waals surface area contributed by atoms with Crippen molar-refractivity contribution in [2.75, 3.05) is 5.32 Å². The first-order valence-electron chi connectivity index (χ1n) is 5.79. The number of carbonyl (C=O) groups excluding carboxylic acids is 1. The van der Waals surface area contributed by atoms with Gasteiger partial charge in [-0.25, -0.2) is 18.4 Å². The van der Waals surface area contributed by atoms with Gasteiger partial charge in [0.25, 0.3) is 0 Å². The second-order valence-corrected chi connectivity index (χ2v) is 6.89. The topological polar surface area (TPSA) is 119 Å². The molecule has 0 aliphatic rings. The molecule has 1 amide bonds. The van der Waals surface area contributed by atoms with Gasteiger partial charge in [-0.05, 0) is 26.8 Å². The third-order valence-electron chi connectivity index (χ3n) is 2.09. The van der Waals surface area contributed by atoms with Crippen molar-refractivity contribution in [3.8, 4) is 5.75 Å². The van der Waals surface area contributed by atoms with E-state index >= 15 is 0 Å². The van der Waals surface area contributed by atoms with Crippen LogP contribution in [-0.2, 0) is 20.5 Å². The number of ether oxygens (including phenoxy) is 1. The standard InChI is InChI=1S/C12H18N2O5S/c1-12(2,3)19-11(16)14-9-5-4-8(10(15)6-9)7-20(13,17)18/h4-6,15H,7H2,1-3H3,(H,14,16)(H2,13,17,18). The average molecular weight is 302 g/mol. The van der Waals surface area contributed by atoms with Gasteiger partial charge in [-0.2, -0.15) is 0 Å². The fourth-order valence-electron chi connectivity index (χ4n) is 1.40. The van der Waals surface area contributed by atoms with Crippen molar-refractivity contribution >= 4 is 21.8 Å². The number of primary sulfonamides is 1. The summed E-state index contributed by atoms with van der Waals surface area (Å²) < 4.78 is 26.9. The van der Waals surface area contributed by atoms with Gasteiger partial charge in [0.05, 0.1) is 5.75 Å². The van der Waals surface area contributed by atoms with E-state index in [4.69, 9.17) is 9.88 Å². The fourth-order valence-corrected chi connectivity index (χ4v) is 2.08. The lowest BCUT2D eigenvalue weighted by Crippen LogP contribution is -2.27. The molecule has 1 rings (SSSR count). The summed E-state index contributed by atoms with van der Waals surface area (Å²) >= 11 is 0. The van der Waals surface area contributed by atoms with Gasteiger partial charge < -0.3 is 9.84 Å². The summed E-state index contributed by atoms with van der Waals surface area (Å²) in [5.74, 6) is -0.751. The minimum atomic E-state index is -3.73. The summed E-state index contributed by atoms with van der Waals surface area (Å²) in [6, 6.07) is 4.04. The van der Waals surface area contributed by atoms with Crippen LogP contribution in [0.15, 0.2) is 18.2 Å². The highest BCUT2D eigenvalue weighted by Crippen LogP contribution is 2.23. The lowest BCUT2D eigenvalue weighted by molar-refractivity contribution is 0.0636. The zero-order valence-electron chi connectivity index (χ0n) is 11.5. The monoisotopic (exact) mass is 302 g/mol. The number of hydrogen-bond donors (Lipinski definition) is 3. The predicted octanol–water partition coefficient (Wildman–Crippen LogP) is 1.53. The number of benzene rings is 1. The Bertz CT molecular complexity index is 605. The number of anilines is 1. The second kappa shape index (κ2) is 5.68. The minimum Gasteiger partial charge on any atom is -0.508 e. The molecule has 0 saturated heterocycles. The van der Waals surface area contributed by atoms with Crippen LogP contribution in [0.4, 0.5) is 10.5 Å². The summed E-state index contributed by atoms with van der Waals surface area (Å²) in [6.45, 7) is 5.16. The molecule has 1 aromatic carbocycles. The van der Waals surface area contributed by atoms with Gasteiger partial charge in [-0.15, -0.1) is 0 Å². The second-order valence-electron chi connectivity index (χ2n) is 5.28. The predicted molar refractivity (Wildman–Crippen MR) is 74.8 cm³/mol. The number of aromatic hydroxyl groups is 1. The van der Waals surface area contributed by atoms with Crippen molar-refractivity contribution in [1.29, 1.82) is 0 Å². The largest absolute Gasteiger partial charge is 0.508 e.